The molecule has 77 valence electrons. The van der Waals surface area contributed by atoms with Crippen molar-refractivity contribution in [3.63, 3.8) is 0 Å². The monoisotopic (exact) mass is 293 g/mol. The van der Waals surface area contributed by atoms with Gasteiger partial charge in [0.05, 0.1) is 25.1 Å². The second-order valence-corrected chi connectivity index (χ2v) is 3.85. The zero-order valence-electron chi connectivity index (χ0n) is 6.44. The highest BCUT2D eigenvalue weighted by atomic mass is 35.5. The van der Waals surface area contributed by atoms with Crippen molar-refractivity contribution in [3.8, 4) is 0 Å². The first kappa shape index (κ1) is 14.7. The Labute approximate surface area is 107 Å². The van der Waals surface area contributed by atoms with Crippen molar-refractivity contribution in [2.24, 2.45) is 0 Å². The molecule has 1 radical (unpaired) electrons. The van der Waals surface area contributed by atoms with E-state index in [2.05, 4.69) is 0 Å². The molecule has 0 unspecified atom stereocenters. The average molecular weight is 295 g/mol. The molecular weight excluding hydrogens is 292 g/mol. The minimum Gasteiger partial charge on any atom is -0.429 e. The molecule has 0 bridgehead atoms. The van der Waals surface area contributed by atoms with Crippen molar-refractivity contribution in [2.75, 3.05) is 0 Å². The zero-order chi connectivity index (χ0) is 11.3. The first-order valence-electron chi connectivity index (χ1n) is 3.04. The molecule has 1 rings (SSSR count). The van der Waals surface area contributed by atoms with Crippen LogP contribution in [-0.2, 0) is 0 Å². The van der Waals surface area contributed by atoms with Crippen LogP contribution in [0.2, 0.25) is 25.1 Å². The molecule has 0 saturated heterocycles. The van der Waals surface area contributed by atoms with Gasteiger partial charge in [0.1, 0.15) is 0 Å². The molecule has 0 saturated carbocycles. The summed E-state index contributed by atoms with van der Waals surface area (Å²) in [5, 5.41) is 15.2. The molecule has 0 aliphatic heterocycles. The van der Waals surface area contributed by atoms with E-state index in [1.165, 1.54) is 6.07 Å². The van der Waals surface area contributed by atoms with Gasteiger partial charge in [-0.1, -0.05) is 58.0 Å². The van der Waals surface area contributed by atoms with E-state index in [0.29, 0.717) is 10.0 Å². The Kier molecular flexibility index (Phi) is 7.34. The molecule has 0 atom stereocenters. The van der Waals surface area contributed by atoms with Crippen LogP contribution in [0.25, 0.3) is 0 Å². The van der Waals surface area contributed by atoms with Crippen LogP contribution >= 0.6 is 58.0 Å². The summed E-state index contributed by atoms with van der Waals surface area (Å²) in [4.78, 5) is 0. The van der Waals surface area contributed by atoms with Crippen LogP contribution < -0.4 is 0 Å². The lowest BCUT2D eigenvalue weighted by atomic mass is 10.3. The van der Waals surface area contributed by atoms with Gasteiger partial charge in [0, 0.05) is 0 Å². The summed E-state index contributed by atoms with van der Waals surface area (Å²) in [6, 6.07) is 1.44. The molecule has 0 heterocycles. The Morgan fingerprint density at radius 2 is 1.07 bits per heavy atom. The first-order chi connectivity index (χ1) is 6.45. The summed E-state index contributed by atoms with van der Waals surface area (Å²) in [6.07, 6.45) is 0. The third-order valence-electron chi connectivity index (χ3n) is 1.06. The third-order valence-corrected chi connectivity index (χ3v) is 3.20. The van der Waals surface area contributed by atoms with Crippen LogP contribution in [0, 0.1) is 0 Å². The van der Waals surface area contributed by atoms with E-state index in [-0.39, 0.29) is 22.8 Å². The normalized spacial score (nSPS) is 9.07. The summed E-state index contributed by atoms with van der Waals surface area (Å²) < 4.78 is 0. The first-order valence-corrected chi connectivity index (χ1v) is 4.93. The third kappa shape index (κ3) is 4.03. The summed E-state index contributed by atoms with van der Waals surface area (Å²) in [7, 11) is 0. The molecule has 0 aliphatic carbocycles. The Bertz CT molecular complexity index is 293. The number of hydrogen-bond donors (Lipinski definition) is 2. The Balaban J connectivity index is 0.000000500. The fourth-order valence-electron chi connectivity index (χ4n) is 0.544. The highest BCUT2D eigenvalue weighted by molar-refractivity contribution is 6.54. The van der Waals surface area contributed by atoms with Crippen molar-refractivity contribution >= 4 is 65.7 Å². The maximum Gasteiger partial charge on any atom is 0.482 e. The highest BCUT2D eigenvalue weighted by Gasteiger charge is 2.10. The Hall–Kier alpha value is 0.655. The van der Waals surface area contributed by atoms with Gasteiger partial charge >= 0.3 is 7.69 Å². The molecular formula is C6H3BCl5O2. The Morgan fingerprint density at radius 1 is 0.786 bits per heavy atom. The largest absolute Gasteiger partial charge is 0.482 e. The van der Waals surface area contributed by atoms with E-state index in [0.717, 1.165) is 0 Å². The van der Waals surface area contributed by atoms with Gasteiger partial charge in [-0.15, -0.1) is 0 Å². The zero-order valence-corrected chi connectivity index (χ0v) is 10.2. The van der Waals surface area contributed by atoms with E-state index in [4.69, 9.17) is 68.1 Å². The van der Waals surface area contributed by atoms with E-state index in [1.807, 2.05) is 0 Å². The van der Waals surface area contributed by atoms with Gasteiger partial charge in [-0.3, -0.25) is 0 Å². The quantitative estimate of drug-likeness (QED) is 0.437. The maximum atomic E-state index is 7.00. The maximum absolute atomic E-state index is 7.00. The van der Waals surface area contributed by atoms with E-state index in [9.17, 15) is 0 Å². The molecule has 2 N–H and O–H groups in total. The number of halogens is 5. The molecule has 1 aromatic rings. The lowest BCUT2D eigenvalue weighted by Crippen LogP contribution is -1.75. The van der Waals surface area contributed by atoms with E-state index in [1.54, 1.807) is 0 Å². The molecule has 0 fully saturated rings. The summed E-state index contributed by atoms with van der Waals surface area (Å²) in [6.45, 7) is 0. The molecule has 0 spiro atoms. The van der Waals surface area contributed by atoms with Crippen LogP contribution in [0.15, 0.2) is 6.07 Å². The van der Waals surface area contributed by atoms with Gasteiger partial charge in [-0.2, -0.15) is 0 Å². The van der Waals surface area contributed by atoms with Crippen molar-refractivity contribution in [1.29, 1.82) is 0 Å². The number of rotatable bonds is 0. The van der Waals surface area contributed by atoms with Gasteiger partial charge in [-0.05, 0) is 6.07 Å². The standard InChI is InChI=1S/C6HCl5.BH2O2/c7-2-1-3(8)5(10)6(11)4(2)9;2-1-3/h1H;2-3H. The minimum absolute atomic E-state index is 0. The molecule has 0 aromatic heterocycles. The van der Waals surface area contributed by atoms with E-state index < -0.39 is 0 Å². The molecule has 0 aliphatic rings. The lowest BCUT2D eigenvalue weighted by molar-refractivity contribution is 0.448. The van der Waals surface area contributed by atoms with Crippen LogP contribution in [0.4, 0.5) is 0 Å². The van der Waals surface area contributed by atoms with Crippen LogP contribution in [0.1, 0.15) is 0 Å². The number of hydrogen-bond acceptors (Lipinski definition) is 2. The predicted octanol–water partition coefficient (Wildman–Crippen LogP) is 3.46. The van der Waals surface area contributed by atoms with Crippen molar-refractivity contribution < 1.29 is 10.0 Å². The molecule has 8 heteroatoms. The summed E-state index contributed by atoms with van der Waals surface area (Å²) >= 11 is 28.2. The second-order valence-electron chi connectivity index (χ2n) is 1.90. The van der Waals surface area contributed by atoms with Crippen LogP contribution in [0.3, 0.4) is 0 Å². The number of benzene rings is 1. The molecule has 1 aromatic carbocycles. The Morgan fingerprint density at radius 3 is 1.36 bits per heavy atom. The summed E-state index contributed by atoms with van der Waals surface area (Å²) in [5.41, 5.74) is 0. The van der Waals surface area contributed by atoms with Crippen molar-refractivity contribution in [3.05, 3.63) is 31.2 Å². The lowest BCUT2D eigenvalue weighted by Gasteiger charge is -2.02. The predicted molar refractivity (Wildman–Crippen MR) is 61.7 cm³/mol. The van der Waals surface area contributed by atoms with E-state index >= 15 is 0 Å². The fraction of sp³-hybridized carbons (Fsp3) is 0. The average Bonchev–Trinajstić information content (AvgIpc) is 2.13. The van der Waals surface area contributed by atoms with Crippen LogP contribution in [0.5, 0.6) is 0 Å². The smallest absolute Gasteiger partial charge is 0.429 e. The summed E-state index contributed by atoms with van der Waals surface area (Å²) in [5.74, 6) is 0. The molecule has 2 nitrogen and oxygen atoms in total. The fourth-order valence-corrected chi connectivity index (χ4v) is 1.65. The van der Waals surface area contributed by atoms with Gasteiger partial charge in [0.25, 0.3) is 0 Å². The van der Waals surface area contributed by atoms with Gasteiger partial charge in [-0.25, -0.2) is 0 Å². The highest BCUT2D eigenvalue weighted by Crippen LogP contribution is 2.40. The van der Waals surface area contributed by atoms with Gasteiger partial charge in [0.15, 0.2) is 0 Å². The van der Waals surface area contributed by atoms with Gasteiger partial charge in [0.2, 0.25) is 0 Å². The second kappa shape index (κ2) is 7.02. The van der Waals surface area contributed by atoms with Crippen LogP contribution in [-0.4, -0.2) is 17.7 Å². The molecule has 14 heavy (non-hydrogen) atoms. The van der Waals surface area contributed by atoms with Crippen molar-refractivity contribution in [2.45, 2.75) is 0 Å². The molecule has 0 amide bonds. The van der Waals surface area contributed by atoms with Crippen molar-refractivity contribution in [1.82, 2.24) is 0 Å². The minimum atomic E-state index is 0. The topological polar surface area (TPSA) is 40.5 Å². The van der Waals surface area contributed by atoms with Gasteiger partial charge < -0.3 is 10.0 Å². The SMILES string of the molecule is Clc1cc(Cl)c(Cl)c(Cl)c1Cl.O[B]O.